The van der Waals surface area contributed by atoms with Crippen LogP contribution >= 0.6 is 0 Å². The van der Waals surface area contributed by atoms with E-state index in [0.29, 0.717) is 18.9 Å². The number of piperidine rings is 1. The van der Waals surface area contributed by atoms with Gasteiger partial charge in [-0.15, -0.1) is 0 Å². The van der Waals surface area contributed by atoms with Crippen molar-refractivity contribution in [2.24, 2.45) is 5.92 Å². The second-order valence-corrected chi connectivity index (χ2v) is 6.40. The van der Waals surface area contributed by atoms with Crippen molar-refractivity contribution < 1.29 is 9.21 Å². The number of furan rings is 1. The van der Waals surface area contributed by atoms with Crippen molar-refractivity contribution in [1.29, 1.82) is 0 Å². The van der Waals surface area contributed by atoms with E-state index in [9.17, 15) is 4.79 Å². The van der Waals surface area contributed by atoms with Crippen LogP contribution in [0.15, 0.2) is 35.0 Å². The van der Waals surface area contributed by atoms with Gasteiger partial charge in [-0.05, 0) is 56.8 Å². The fraction of sp³-hybridized carbons (Fsp3) is 0.611. The molecule has 1 aliphatic carbocycles. The van der Waals surface area contributed by atoms with Crippen LogP contribution in [0.3, 0.4) is 0 Å². The summed E-state index contributed by atoms with van der Waals surface area (Å²) in [6.07, 6.45) is 12.7. The molecular formula is C18H26N2O2. The fourth-order valence-corrected chi connectivity index (χ4v) is 3.51. The van der Waals surface area contributed by atoms with Gasteiger partial charge in [-0.1, -0.05) is 18.6 Å². The van der Waals surface area contributed by atoms with Gasteiger partial charge in [-0.25, -0.2) is 0 Å². The van der Waals surface area contributed by atoms with Crippen LogP contribution in [0.25, 0.3) is 0 Å². The molecule has 0 spiro atoms. The van der Waals surface area contributed by atoms with Gasteiger partial charge in [0.05, 0.1) is 12.3 Å². The zero-order valence-electron chi connectivity index (χ0n) is 13.2. The number of carbonyl (C=O) groups is 1. The second kappa shape index (κ2) is 7.63. The van der Waals surface area contributed by atoms with Crippen molar-refractivity contribution in [3.05, 3.63) is 36.3 Å². The number of amides is 1. The van der Waals surface area contributed by atoms with Gasteiger partial charge >= 0.3 is 0 Å². The van der Waals surface area contributed by atoms with Crippen molar-refractivity contribution in [3.8, 4) is 0 Å². The highest BCUT2D eigenvalue weighted by molar-refractivity contribution is 5.76. The fourth-order valence-electron chi connectivity index (χ4n) is 3.51. The smallest absolute Gasteiger partial charge is 0.220 e. The maximum Gasteiger partial charge on any atom is 0.220 e. The van der Waals surface area contributed by atoms with Crippen LogP contribution in [0.5, 0.6) is 0 Å². The van der Waals surface area contributed by atoms with Gasteiger partial charge in [0.15, 0.2) is 0 Å². The average Bonchev–Trinajstić information content (AvgIpc) is 3.22. The van der Waals surface area contributed by atoms with Crippen molar-refractivity contribution >= 4 is 5.91 Å². The highest BCUT2D eigenvalue weighted by atomic mass is 16.3. The van der Waals surface area contributed by atoms with E-state index in [4.69, 9.17) is 4.42 Å². The average molecular weight is 302 g/mol. The normalized spacial score (nSPS) is 23.5. The second-order valence-electron chi connectivity index (χ2n) is 6.40. The summed E-state index contributed by atoms with van der Waals surface area (Å²) in [6.45, 7) is 2.82. The van der Waals surface area contributed by atoms with Crippen molar-refractivity contribution in [2.45, 2.75) is 44.6 Å². The Bertz CT molecular complexity index is 489. The van der Waals surface area contributed by atoms with Crippen LogP contribution in [-0.4, -0.2) is 30.4 Å². The number of allylic oxidation sites excluding steroid dienone is 2. The van der Waals surface area contributed by atoms with E-state index in [1.54, 1.807) is 6.26 Å². The lowest BCUT2D eigenvalue weighted by Gasteiger charge is -2.33. The van der Waals surface area contributed by atoms with E-state index < -0.39 is 0 Å². The number of rotatable bonds is 6. The summed E-state index contributed by atoms with van der Waals surface area (Å²) in [5.41, 5.74) is 0. The highest BCUT2D eigenvalue weighted by Crippen LogP contribution is 2.25. The zero-order valence-corrected chi connectivity index (χ0v) is 13.2. The Kier molecular flexibility index (Phi) is 5.33. The number of hydrogen-bond acceptors (Lipinski definition) is 3. The van der Waals surface area contributed by atoms with Crippen LogP contribution in [-0.2, 0) is 4.79 Å². The van der Waals surface area contributed by atoms with Crippen LogP contribution in [0.4, 0.5) is 0 Å². The Morgan fingerprint density at radius 2 is 2.23 bits per heavy atom. The molecular weight excluding hydrogens is 276 g/mol. The van der Waals surface area contributed by atoms with Crippen molar-refractivity contribution in [2.75, 3.05) is 19.6 Å². The molecule has 0 radical (unpaired) electrons. The van der Waals surface area contributed by atoms with Gasteiger partial charge in [0.25, 0.3) is 0 Å². The molecule has 0 unspecified atom stereocenters. The third-order valence-electron chi connectivity index (χ3n) is 4.76. The van der Waals surface area contributed by atoms with Gasteiger partial charge < -0.3 is 9.73 Å². The maximum absolute atomic E-state index is 12.2. The summed E-state index contributed by atoms with van der Waals surface area (Å²) in [6, 6.07) is 4.11. The molecule has 120 valence electrons. The number of hydrogen-bond donors (Lipinski definition) is 1. The Hall–Kier alpha value is -1.55. The number of nitrogens with one attached hydrogen (secondary N) is 1. The largest absolute Gasteiger partial charge is 0.468 e. The Labute approximate surface area is 132 Å². The lowest BCUT2D eigenvalue weighted by atomic mass is 10.0. The quantitative estimate of drug-likeness (QED) is 0.820. The summed E-state index contributed by atoms with van der Waals surface area (Å²) < 4.78 is 5.61. The zero-order chi connectivity index (χ0) is 15.2. The summed E-state index contributed by atoms with van der Waals surface area (Å²) >= 11 is 0. The first-order valence-electron chi connectivity index (χ1n) is 8.54. The van der Waals surface area contributed by atoms with E-state index in [2.05, 4.69) is 22.4 Å². The standard InChI is InChI=1S/C18H26N2O2/c21-18(13-15-7-2-3-8-15)19-14-16(17-9-6-12-22-17)20-10-4-1-5-11-20/h2,6-7,9,12,15-16H,1,3-5,8,10-11,13-14H2,(H,19,21)/t15-,16+/m0/s1. The minimum Gasteiger partial charge on any atom is -0.468 e. The molecule has 1 N–H and O–H groups in total. The minimum atomic E-state index is 0.158. The third-order valence-corrected chi connectivity index (χ3v) is 4.76. The molecule has 1 aliphatic heterocycles. The topological polar surface area (TPSA) is 45.5 Å². The first kappa shape index (κ1) is 15.3. The lowest BCUT2D eigenvalue weighted by Crippen LogP contribution is -2.40. The minimum absolute atomic E-state index is 0.158. The molecule has 2 aliphatic rings. The number of carbonyl (C=O) groups excluding carboxylic acids is 1. The molecule has 0 bridgehead atoms. The Morgan fingerprint density at radius 3 is 2.91 bits per heavy atom. The highest BCUT2D eigenvalue weighted by Gasteiger charge is 2.25. The van der Waals surface area contributed by atoms with Gasteiger partial charge in [0, 0.05) is 13.0 Å². The monoisotopic (exact) mass is 302 g/mol. The Morgan fingerprint density at radius 1 is 1.36 bits per heavy atom. The van der Waals surface area contributed by atoms with E-state index in [-0.39, 0.29) is 11.9 Å². The molecule has 1 amide bonds. The molecule has 1 aromatic heterocycles. The van der Waals surface area contributed by atoms with Crippen molar-refractivity contribution in [1.82, 2.24) is 10.2 Å². The summed E-state index contributed by atoms with van der Waals surface area (Å²) in [5, 5.41) is 3.12. The number of nitrogens with zero attached hydrogens (tertiary/aromatic N) is 1. The van der Waals surface area contributed by atoms with E-state index in [1.165, 1.54) is 19.3 Å². The molecule has 0 aromatic carbocycles. The number of likely N-dealkylation sites (tertiary alicyclic amines) is 1. The van der Waals surface area contributed by atoms with Crippen LogP contribution < -0.4 is 5.32 Å². The van der Waals surface area contributed by atoms with Crippen LogP contribution in [0.2, 0.25) is 0 Å². The predicted molar refractivity (Wildman–Crippen MR) is 86.4 cm³/mol. The first-order valence-corrected chi connectivity index (χ1v) is 8.54. The molecule has 4 nitrogen and oxygen atoms in total. The van der Waals surface area contributed by atoms with Gasteiger partial charge in [0.2, 0.25) is 5.91 Å². The first-order chi connectivity index (χ1) is 10.8. The van der Waals surface area contributed by atoms with E-state index in [0.717, 1.165) is 31.7 Å². The van der Waals surface area contributed by atoms with Crippen molar-refractivity contribution in [3.63, 3.8) is 0 Å². The molecule has 1 saturated heterocycles. The maximum atomic E-state index is 12.2. The Balaban J connectivity index is 1.55. The molecule has 2 atom stereocenters. The molecule has 1 aromatic rings. The SMILES string of the molecule is O=C(C[C@H]1C=CCC1)NC[C@H](c1ccco1)N1CCCCC1. The lowest BCUT2D eigenvalue weighted by molar-refractivity contribution is -0.122. The summed E-state index contributed by atoms with van der Waals surface area (Å²) in [5.74, 6) is 1.55. The van der Waals surface area contributed by atoms with Gasteiger partial charge in [0.1, 0.15) is 5.76 Å². The van der Waals surface area contributed by atoms with E-state index in [1.807, 2.05) is 12.1 Å². The van der Waals surface area contributed by atoms with Gasteiger partial charge in [-0.2, -0.15) is 0 Å². The molecule has 4 heteroatoms. The van der Waals surface area contributed by atoms with Crippen LogP contribution in [0, 0.1) is 5.92 Å². The predicted octanol–water partition coefficient (Wildman–Crippen LogP) is 3.28. The molecule has 22 heavy (non-hydrogen) atoms. The van der Waals surface area contributed by atoms with Crippen LogP contribution in [0.1, 0.15) is 50.3 Å². The molecule has 3 rings (SSSR count). The third kappa shape index (κ3) is 4.01. The van der Waals surface area contributed by atoms with E-state index >= 15 is 0 Å². The summed E-state index contributed by atoms with van der Waals surface area (Å²) in [4.78, 5) is 14.6. The van der Waals surface area contributed by atoms with Gasteiger partial charge in [-0.3, -0.25) is 9.69 Å². The summed E-state index contributed by atoms with van der Waals surface area (Å²) in [7, 11) is 0. The molecule has 1 fully saturated rings. The molecule has 2 heterocycles. The molecule has 0 saturated carbocycles.